The second-order valence-corrected chi connectivity index (χ2v) is 12.7. The number of carbonyl (C=O) groups is 4. The number of fused-ring (bicyclic) bond motifs is 3. The Hall–Kier alpha value is -2.76. The number of rotatable bonds is 4. The molecule has 4 fully saturated rings. The van der Waals surface area contributed by atoms with Gasteiger partial charge < -0.3 is 29.2 Å². The predicted octanol–water partition coefficient (Wildman–Crippen LogP) is 0.838. The number of carbonyl (C=O) groups excluding carboxylic acids is 4. The Balaban J connectivity index is 1.42. The molecule has 0 aromatic carbocycles. The van der Waals surface area contributed by atoms with Gasteiger partial charge in [0.1, 0.15) is 23.7 Å². The van der Waals surface area contributed by atoms with Gasteiger partial charge in [0.05, 0.1) is 24.0 Å². The van der Waals surface area contributed by atoms with Crippen molar-refractivity contribution in [2.75, 3.05) is 0 Å². The van der Waals surface area contributed by atoms with Crippen molar-refractivity contribution in [2.24, 2.45) is 17.3 Å². The summed E-state index contributed by atoms with van der Waals surface area (Å²) in [5.41, 5.74) is -3.57. The molecule has 5 aliphatic heterocycles. The highest BCUT2D eigenvalue weighted by Gasteiger charge is 2.86. The Morgan fingerprint density at radius 1 is 0.825 bits per heavy atom. The van der Waals surface area contributed by atoms with E-state index in [4.69, 9.17) is 18.9 Å². The maximum Gasteiger partial charge on any atom is 0.201 e. The molecule has 5 heterocycles. The molecule has 0 aromatic heterocycles. The summed E-state index contributed by atoms with van der Waals surface area (Å²) >= 11 is 0. The number of epoxide rings is 2. The molecule has 2 bridgehead atoms. The van der Waals surface area contributed by atoms with Gasteiger partial charge in [-0.2, -0.15) is 0 Å². The van der Waals surface area contributed by atoms with Crippen LogP contribution in [0.25, 0.3) is 0 Å². The van der Waals surface area contributed by atoms with E-state index >= 15 is 0 Å². The molecule has 8 rings (SSSR count). The van der Waals surface area contributed by atoms with Crippen molar-refractivity contribution in [3.8, 4) is 0 Å². The number of hydrogen-bond acceptors (Lipinski definition) is 10. The molecule has 212 valence electrons. The molecule has 12 atom stereocenters. The van der Waals surface area contributed by atoms with Gasteiger partial charge in [0.2, 0.25) is 5.78 Å². The summed E-state index contributed by atoms with van der Waals surface area (Å²) in [6, 6.07) is 0. The second-order valence-electron chi connectivity index (χ2n) is 12.7. The molecule has 2 N–H and O–H groups in total. The van der Waals surface area contributed by atoms with E-state index < -0.39 is 94.3 Å². The fourth-order valence-corrected chi connectivity index (χ4v) is 8.27. The average molecular weight is 553 g/mol. The Labute approximate surface area is 230 Å². The topological polar surface area (TPSA) is 152 Å². The van der Waals surface area contributed by atoms with Crippen LogP contribution in [-0.4, -0.2) is 87.3 Å². The number of ketones is 4. The van der Waals surface area contributed by atoms with Crippen molar-refractivity contribution < 1.29 is 48.3 Å². The number of aliphatic hydroxyl groups is 2. The Morgan fingerprint density at radius 2 is 1.40 bits per heavy atom. The van der Waals surface area contributed by atoms with Gasteiger partial charge in [-0.15, -0.1) is 0 Å². The minimum atomic E-state index is -1.80. The van der Waals surface area contributed by atoms with E-state index in [0.717, 1.165) is 11.1 Å². The van der Waals surface area contributed by atoms with Crippen molar-refractivity contribution in [3.63, 3.8) is 0 Å². The molecule has 0 radical (unpaired) electrons. The molecule has 0 amide bonds. The van der Waals surface area contributed by atoms with Gasteiger partial charge in [-0.25, -0.2) is 0 Å². The van der Waals surface area contributed by atoms with Crippen molar-refractivity contribution in [3.05, 3.63) is 46.3 Å². The maximum absolute atomic E-state index is 14.6. The van der Waals surface area contributed by atoms with Crippen LogP contribution >= 0.6 is 0 Å². The summed E-state index contributed by atoms with van der Waals surface area (Å²) in [6.45, 7) is 10.6. The van der Waals surface area contributed by atoms with E-state index in [2.05, 4.69) is 0 Å². The van der Waals surface area contributed by atoms with Gasteiger partial charge in [0.15, 0.2) is 40.8 Å². The van der Waals surface area contributed by atoms with Crippen molar-refractivity contribution in [1.82, 2.24) is 0 Å². The lowest BCUT2D eigenvalue weighted by Gasteiger charge is -2.62. The third-order valence-corrected chi connectivity index (χ3v) is 9.92. The van der Waals surface area contributed by atoms with Crippen LogP contribution in [0.15, 0.2) is 46.3 Å². The van der Waals surface area contributed by atoms with Crippen LogP contribution in [0.2, 0.25) is 0 Å². The van der Waals surface area contributed by atoms with E-state index in [1.165, 1.54) is 18.4 Å². The third-order valence-electron chi connectivity index (χ3n) is 9.92. The van der Waals surface area contributed by atoms with E-state index in [1.54, 1.807) is 41.5 Å². The Bertz CT molecular complexity index is 1440. The molecule has 10 heteroatoms. The van der Waals surface area contributed by atoms with Gasteiger partial charge in [0.25, 0.3) is 0 Å². The van der Waals surface area contributed by atoms with Crippen molar-refractivity contribution in [2.45, 2.75) is 95.5 Å². The predicted molar refractivity (Wildman–Crippen MR) is 136 cm³/mol. The molecule has 1 spiro atoms. The van der Waals surface area contributed by atoms with Gasteiger partial charge in [-0.1, -0.05) is 23.3 Å². The van der Waals surface area contributed by atoms with Crippen LogP contribution in [0.1, 0.15) is 41.5 Å². The molecule has 10 nitrogen and oxygen atoms in total. The van der Waals surface area contributed by atoms with Crippen LogP contribution < -0.4 is 0 Å². The van der Waals surface area contributed by atoms with Gasteiger partial charge in [-0.3, -0.25) is 19.2 Å². The van der Waals surface area contributed by atoms with Gasteiger partial charge in [-0.05, 0) is 41.5 Å². The highest BCUT2D eigenvalue weighted by atomic mass is 16.6. The Morgan fingerprint density at radius 3 is 2.00 bits per heavy atom. The monoisotopic (exact) mass is 552 g/mol. The van der Waals surface area contributed by atoms with E-state index in [1.807, 2.05) is 0 Å². The lowest BCUT2D eigenvalue weighted by molar-refractivity contribution is -0.205. The largest absolute Gasteiger partial charge is 0.498 e. The summed E-state index contributed by atoms with van der Waals surface area (Å²) in [5, 5.41) is 22.0. The number of allylic oxidation sites excluding steroid dienone is 2. The third kappa shape index (κ3) is 2.68. The summed E-state index contributed by atoms with van der Waals surface area (Å²) < 4.78 is 23.8. The first kappa shape index (κ1) is 26.2. The maximum atomic E-state index is 14.6. The van der Waals surface area contributed by atoms with E-state index in [-0.39, 0.29) is 16.7 Å². The van der Waals surface area contributed by atoms with Crippen molar-refractivity contribution in [1.29, 1.82) is 0 Å². The summed E-state index contributed by atoms with van der Waals surface area (Å²) in [7, 11) is 0. The summed E-state index contributed by atoms with van der Waals surface area (Å²) in [4.78, 5) is 56.9. The van der Waals surface area contributed by atoms with Crippen LogP contribution in [0.4, 0.5) is 0 Å². The summed E-state index contributed by atoms with van der Waals surface area (Å²) in [5.74, 6) is -3.55. The highest BCUT2D eigenvalue weighted by molar-refractivity contribution is 6.26. The average Bonchev–Trinajstić information content (AvgIpc) is 3.78. The zero-order valence-corrected chi connectivity index (χ0v) is 23.1. The Kier molecular flexibility index (Phi) is 5.06. The quantitative estimate of drug-likeness (QED) is 0.379. The lowest BCUT2D eigenvalue weighted by Crippen LogP contribution is -2.73. The molecular formula is C30H32O10. The first-order valence-electron chi connectivity index (χ1n) is 13.7. The smallest absolute Gasteiger partial charge is 0.201 e. The minimum Gasteiger partial charge on any atom is -0.498 e. The molecule has 0 aromatic rings. The normalized spacial score (nSPS) is 47.0. The zero-order valence-electron chi connectivity index (χ0n) is 23.1. The van der Waals surface area contributed by atoms with E-state index in [0.29, 0.717) is 0 Å². The molecule has 3 aliphatic carbocycles. The fourth-order valence-electron chi connectivity index (χ4n) is 8.27. The zero-order chi connectivity index (χ0) is 28.8. The van der Waals surface area contributed by atoms with Gasteiger partial charge >= 0.3 is 0 Å². The molecular weight excluding hydrogens is 520 g/mol. The molecule has 8 aliphatic rings. The first-order chi connectivity index (χ1) is 18.8. The molecule has 0 unspecified atom stereocenters. The van der Waals surface area contributed by atoms with Crippen LogP contribution in [0.5, 0.6) is 0 Å². The van der Waals surface area contributed by atoms with Crippen LogP contribution in [0.3, 0.4) is 0 Å². The molecule has 3 saturated heterocycles. The molecule has 40 heavy (non-hydrogen) atoms. The van der Waals surface area contributed by atoms with Crippen LogP contribution in [-0.2, 0) is 38.1 Å². The SMILES string of the molecule is CC(C)=C[C@@H](O)[C@]12O[C@@H]1C(=O)C1=C(C2=O)[C@@H]2O[C@@H](C)[C@@H]1[C@@H]1[C@H](C)OC=C3C(=O)[C@@]4([C@H](O)C=C(C)C)O[C@@H]4C(=O)[C@]312. The van der Waals surface area contributed by atoms with Gasteiger partial charge in [0, 0.05) is 23.0 Å². The number of Topliss-reactive ketones (excluding diaryl/α,β-unsaturated/α-hetero) is 4. The number of ether oxygens (including phenoxy) is 4. The minimum absolute atomic E-state index is 0.0153. The lowest BCUT2D eigenvalue weighted by atomic mass is 9.44. The fraction of sp³-hybridized carbons (Fsp3) is 0.600. The molecule has 1 saturated carbocycles. The standard InChI is InChI=1S/C30H32O10/c1-10(2)7-15(31)29-22(34)14-9-37-13(6)20-17-12(5)38-25(28(14,20)24(36)27(29)40-29)19-18(17)21(33)26-30(39-26,23(19)35)16(32)8-11(3)4/h7-9,12-13,15-17,20,25-27,31-32H,1-6H3/t12-,13-,15+,16+,17-,20-,25-,26+,27+,28-,29+,30+/m0/s1. The first-order valence-corrected chi connectivity index (χ1v) is 13.7. The number of hydrogen-bond donors (Lipinski definition) is 2. The highest BCUT2D eigenvalue weighted by Crippen LogP contribution is 2.69. The van der Waals surface area contributed by atoms with Crippen molar-refractivity contribution >= 4 is 23.1 Å². The number of aliphatic hydroxyl groups excluding tert-OH is 2. The van der Waals surface area contributed by atoms with E-state index in [9.17, 15) is 29.4 Å². The second kappa shape index (κ2) is 7.74. The summed E-state index contributed by atoms with van der Waals surface area (Å²) in [6.07, 6.45) is -3.41. The van der Waals surface area contributed by atoms with Crippen LogP contribution in [0, 0.1) is 17.3 Å².